The maximum absolute atomic E-state index is 12.9. The molecule has 2 aliphatic heterocycles. The second-order valence-electron chi connectivity index (χ2n) is 8.62. The van der Waals surface area contributed by atoms with Crippen LogP contribution in [0.3, 0.4) is 0 Å². The first kappa shape index (κ1) is 23.3. The Kier molecular flexibility index (Phi) is 7.30. The average Bonchev–Trinajstić information content (AvgIpc) is 3.42. The van der Waals surface area contributed by atoms with Crippen molar-refractivity contribution in [3.8, 4) is 11.5 Å². The molecule has 33 heavy (non-hydrogen) atoms. The van der Waals surface area contributed by atoms with Gasteiger partial charge in [0, 0.05) is 12.2 Å². The molecule has 0 aliphatic carbocycles. The SMILES string of the molecule is COc1ccc(/C=C2/NC(=S)N(CC3CCCO3)C2=O)cc1COc1ccc(C(C)C)cc1. The molecule has 4 rings (SSSR count). The maximum atomic E-state index is 12.9. The third-order valence-corrected chi connectivity index (χ3v) is 6.25. The fraction of sp³-hybridized carbons (Fsp3) is 0.385. The summed E-state index contributed by atoms with van der Waals surface area (Å²) in [6, 6.07) is 13.9. The number of nitrogens with one attached hydrogen (secondary N) is 1. The number of hydrogen-bond donors (Lipinski definition) is 1. The highest BCUT2D eigenvalue weighted by molar-refractivity contribution is 7.80. The molecule has 2 fully saturated rings. The van der Waals surface area contributed by atoms with Gasteiger partial charge in [-0.2, -0.15) is 0 Å². The molecule has 174 valence electrons. The summed E-state index contributed by atoms with van der Waals surface area (Å²) < 4.78 is 17.2. The van der Waals surface area contributed by atoms with Crippen molar-refractivity contribution in [1.82, 2.24) is 10.2 Å². The number of hydrogen-bond acceptors (Lipinski definition) is 5. The molecule has 0 spiro atoms. The van der Waals surface area contributed by atoms with Crippen LogP contribution in [0.15, 0.2) is 48.2 Å². The smallest absolute Gasteiger partial charge is 0.276 e. The monoisotopic (exact) mass is 466 g/mol. The van der Waals surface area contributed by atoms with E-state index in [9.17, 15) is 4.79 Å². The molecule has 1 atom stereocenters. The van der Waals surface area contributed by atoms with Crippen molar-refractivity contribution in [3.63, 3.8) is 0 Å². The number of rotatable bonds is 8. The first-order valence-electron chi connectivity index (χ1n) is 11.3. The van der Waals surface area contributed by atoms with Gasteiger partial charge in [0.05, 0.1) is 19.8 Å². The first-order valence-corrected chi connectivity index (χ1v) is 11.7. The van der Waals surface area contributed by atoms with Crippen molar-refractivity contribution < 1.29 is 19.0 Å². The van der Waals surface area contributed by atoms with E-state index in [1.54, 1.807) is 12.0 Å². The summed E-state index contributed by atoms with van der Waals surface area (Å²) in [6.07, 6.45) is 3.83. The van der Waals surface area contributed by atoms with E-state index in [2.05, 4.69) is 31.3 Å². The number of carbonyl (C=O) groups is 1. The Hall–Kier alpha value is -2.90. The molecule has 0 saturated carbocycles. The first-order chi connectivity index (χ1) is 15.9. The molecule has 1 amide bonds. The average molecular weight is 467 g/mol. The molecule has 2 aliphatic rings. The lowest BCUT2D eigenvalue weighted by Gasteiger charge is -2.18. The Morgan fingerprint density at radius 2 is 2.03 bits per heavy atom. The highest BCUT2D eigenvalue weighted by atomic mass is 32.1. The number of nitrogens with zero attached hydrogens (tertiary/aromatic N) is 1. The van der Waals surface area contributed by atoms with Crippen molar-refractivity contribution in [2.75, 3.05) is 20.3 Å². The third-order valence-electron chi connectivity index (χ3n) is 5.93. The van der Waals surface area contributed by atoms with Gasteiger partial charge in [0.2, 0.25) is 0 Å². The molecule has 1 unspecified atom stereocenters. The molecule has 2 aromatic rings. The van der Waals surface area contributed by atoms with E-state index < -0.39 is 0 Å². The Balaban J connectivity index is 1.47. The molecule has 0 aromatic heterocycles. The van der Waals surface area contributed by atoms with Crippen LogP contribution in [0.5, 0.6) is 11.5 Å². The molecule has 7 heteroatoms. The summed E-state index contributed by atoms with van der Waals surface area (Å²) in [5.74, 6) is 1.88. The fourth-order valence-electron chi connectivity index (χ4n) is 4.01. The van der Waals surface area contributed by atoms with Crippen LogP contribution in [0.4, 0.5) is 0 Å². The van der Waals surface area contributed by atoms with Gasteiger partial charge >= 0.3 is 0 Å². The molecule has 6 nitrogen and oxygen atoms in total. The summed E-state index contributed by atoms with van der Waals surface area (Å²) in [6.45, 7) is 5.91. The van der Waals surface area contributed by atoms with Gasteiger partial charge in [-0.15, -0.1) is 0 Å². The largest absolute Gasteiger partial charge is 0.496 e. The van der Waals surface area contributed by atoms with E-state index in [0.717, 1.165) is 42.1 Å². The van der Waals surface area contributed by atoms with Crippen molar-refractivity contribution in [1.29, 1.82) is 0 Å². The maximum Gasteiger partial charge on any atom is 0.276 e. The lowest BCUT2D eigenvalue weighted by Crippen LogP contribution is -2.37. The lowest BCUT2D eigenvalue weighted by molar-refractivity contribution is -0.123. The predicted molar refractivity (Wildman–Crippen MR) is 132 cm³/mol. The minimum atomic E-state index is -0.130. The van der Waals surface area contributed by atoms with Gasteiger partial charge in [0.1, 0.15) is 23.8 Å². The van der Waals surface area contributed by atoms with E-state index in [1.807, 2.05) is 36.4 Å². The van der Waals surface area contributed by atoms with Crippen LogP contribution in [0.2, 0.25) is 0 Å². The topological polar surface area (TPSA) is 60.0 Å². The van der Waals surface area contributed by atoms with Gasteiger partial charge in [0.25, 0.3) is 5.91 Å². The van der Waals surface area contributed by atoms with E-state index in [0.29, 0.717) is 29.9 Å². The van der Waals surface area contributed by atoms with Crippen molar-refractivity contribution in [2.45, 2.75) is 45.3 Å². The molecule has 0 bridgehead atoms. The quantitative estimate of drug-likeness (QED) is 0.452. The summed E-state index contributed by atoms with van der Waals surface area (Å²) in [5.41, 5.74) is 3.49. The van der Waals surface area contributed by atoms with E-state index in [1.165, 1.54) is 5.56 Å². The van der Waals surface area contributed by atoms with Crippen LogP contribution in [-0.4, -0.2) is 42.3 Å². The Labute approximate surface area is 200 Å². The molecule has 2 saturated heterocycles. The van der Waals surface area contributed by atoms with Crippen LogP contribution >= 0.6 is 12.2 Å². The molecule has 2 heterocycles. The van der Waals surface area contributed by atoms with Gasteiger partial charge in [0.15, 0.2) is 5.11 Å². The minimum Gasteiger partial charge on any atom is -0.496 e. The molecular formula is C26H30N2O4S. The predicted octanol–water partition coefficient (Wildman–Crippen LogP) is 4.63. The molecule has 0 radical (unpaired) electrons. The second kappa shape index (κ2) is 10.4. The zero-order valence-electron chi connectivity index (χ0n) is 19.3. The van der Waals surface area contributed by atoms with Crippen LogP contribution in [0, 0.1) is 0 Å². The van der Waals surface area contributed by atoms with Crippen molar-refractivity contribution >= 4 is 29.3 Å². The molecular weight excluding hydrogens is 436 g/mol. The van der Waals surface area contributed by atoms with Crippen LogP contribution in [0.25, 0.3) is 6.08 Å². The lowest BCUT2D eigenvalue weighted by atomic mass is 10.0. The molecule has 2 aromatic carbocycles. The normalized spacial score (nSPS) is 19.5. The summed E-state index contributed by atoms with van der Waals surface area (Å²) in [5, 5.41) is 3.47. The Bertz CT molecular complexity index is 1040. The van der Waals surface area contributed by atoms with E-state index >= 15 is 0 Å². The van der Waals surface area contributed by atoms with Crippen LogP contribution < -0.4 is 14.8 Å². The highest BCUT2D eigenvalue weighted by Gasteiger charge is 2.33. The van der Waals surface area contributed by atoms with E-state index in [-0.39, 0.29) is 12.0 Å². The van der Waals surface area contributed by atoms with E-state index in [4.69, 9.17) is 26.4 Å². The van der Waals surface area contributed by atoms with Crippen LogP contribution in [-0.2, 0) is 16.1 Å². The third kappa shape index (κ3) is 5.54. The molecule has 1 N–H and O–H groups in total. The number of benzene rings is 2. The van der Waals surface area contributed by atoms with Crippen molar-refractivity contribution in [2.24, 2.45) is 0 Å². The number of carbonyl (C=O) groups excluding carboxylic acids is 1. The van der Waals surface area contributed by atoms with Crippen molar-refractivity contribution in [3.05, 3.63) is 64.9 Å². The highest BCUT2D eigenvalue weighted by Crippen LogP contribution is 2.25. The Morgan fingerprint density at radius 1 is 1.24 bits per heavy atom. The van der Waals surface area contributed by atoms with Crippen LogP contribution in [0.1, 0.15) is 49.3 Å². The van der Waals surface area contributed by atoms with Gasteiger partial charge in [-0.05, 0) is 72.4 Å². The second-order valence-corrected chi connectivity index (χ2v) is 9.01. The number of amides is 1. The summed E-state index contributed by atoms with van der Waals surface area (Å²) in [7, 11) is 1.64. The summed E-state index contributed by atoms with van der Waals surface area (Å²) in [4.78, 5) is 14.5. The number of methoxy groups -OCH3 is 1. The zero-order valence-corrected chi connectivity index (χ0v) is 20.1. The zero-order chi connectivity index (χ0) is 23.4. The minimum absolute atomic E-state index is 0.0485. The van der Waals surface area contributed by atoms with Gasteiger partial charge < -0.3 is 19.5 Å². The number of ether oxygens (including phenoxy) is 3. The van der Waals surface area contributed by atoms with Gasteiger partial charge in [-0.3, -0.25) is 9.69 Å². The summed E-state index contributed by atoms with van der Waals surface area (Å²) >= 11 is 5.39. The van der Waals surface area contributed by atoms with Gasteiger partial charge in [-0.25, -0.2) is 0 Å². The fourth-order valence-corrected chi connectivity index (χ4v) is 4.27. The van der Waals surface area contributed by atoms with Gasteiger partial charge in [-0.1, -0.05) is 32.0 Å². The Morgan fingerprint density at radius 3 is 2.70 bits per heavy atom. The number of thiocarbonyl (C=S) groups is 1. The standard InChI is InChI=1S/C26H30N2O4S/c1-17(2)19-7-9-21(10-8-19)32-16-20-13-18(6-11-24(20)30-3)14-23-25(29)28(26(33)27-23)15-22-5-4-12-31-22/h6-11,13-14,17,22H,4-5,12,15-16H2,1-3H3,(H,27,33)/b23-14+.